The summed E-state index contributed by atoms with van der Waals surface area (Å²) < 4.78 is 38.1. The lowest BCUT2D eigenvalue weighted by Gasteiger charge is -2.31. The predicted molar refractivity (Wildman–Crippen MR) is 72.1 cm³/mol. The molecule has 0 aromatic rings. The summed E-state index contributed by atoms with van der Waals surface area (Å²) in [6, 6.07) is -0.0289. The van der Waals surface area contributed by atoms with Gasteiger partial charge < -0.3 is 5.32 Å². The monoisotopic (exact) mass is 343 g/mol. The van der Waals surface area contributed by atoms with Gasteiger partial charge in [0.15, 0.2) is 0 Å². The quantitative estimate of drug-likeness (QED) is 0.771. The number of amides is 1. The minimum atomic E-state index is -4.17. The lowest BCUT2D eigenvalue weighted by molar-refractivity contribution is -0.186. The van der Waals surface area contributed by atoms with Crippen LogP contribution in [0.1, 0.15) is 39.5 Å². The number of nitrogens with one attached hydrogen (secondary N) is 1. The van der Waals surface area contributed by atoms with Crippen LogP contribution in [0.4, 0.5) is 13.2 Å². The fourth-order valence-corrected chi connectivity index (χ4v) is 3.32. The molecule has 2 nitrogen and oxygen atoms in total. The summed E-state index contributed by atoms with van der Waals surface area (Å²) >= 11 is 3.32. The second kappa shape index (κ2) is 6.95. The number of hydrogen-bond donors (Lipinski definition) is 1. The van der Waals surface area contributed by atoms with Crippen LogP contribution in [0.5, 0.6) is 0 Å². The van der Waals surface area contributed by atoms with E-state index in [1.807, 2.05) is 13.8 Å². The fraction of sp³-hybridized carbons (Fsp3) is 0.923. The van der Waals surface area contributed by atoms with Gasteiger partial charge in [-0.15, -0.1) is 0 Å². The highest BCUT2D eigenvalue weighted by Crippen LogP contribution is 2.40. The van der Waals surface area contributed by atoms with E-state index in [9.17, 15) is 18.0 Å². The maximum Gasteiger partial charge on any atom is 0.391 e. The van der Waals surface area contributed by atoms with Gasteiger partial charge in [-0.05, 0) is 25.2 Å². The minimum Gasteiger partial charge on any atom is -0.352 e. The van der Waals surface area contributed by atoms with Gasteiger partial charge in [-0.1, -0.05) is 36.2 Å². The number of alkyl halides is 4. The molecule has 3 atom stereocenters. The Morgan fingerprint density at radius 2 is 2.00 bits per heavy atom. The lowest BCUT2D eigenvalue weighted by atomic mass is 9.80. The normalized spacial score (nSPS) is 26.3. The number of halogens is 4. The van der Waals surface area contributed by atoms with Crippen LogP contribution in [-0.2, 0) is 4.79 Å². The molecule has 0 saturated heterocycles. The lowest BCUT2D eigenvalue weighted by Crippen LogP contribution is -2.44. The Hall–Kier alpha value is -0.260. The minimum absolute atomic E-state index is 0.0289. The van der Waals surface area contributed by atoms with Crippen molar-refractivity contribution in [3.8, 4) is 0 Å². The second-order valence-electron chi connectivity index (χ2n) is 5.62. The van der Waals surface area contributed by atoms with Gasteiger partial charge in [-0.2, -0.15) is 13.2 Å². The van der Waals surface area contributed by atoms with Crippen molar-refractivity contribution in [1.29, 1.82) is 0 Å². The van der Waals surface area contributed by atoms with Crippen LogP contribution < -0.4 is 5.32 Å². The highest BCUT2D eigenvalue weighted by atomic mass is 79.9. The largest absolute Gasteiger partial charge is 0.391 e. The van der Waals surface area contributed by atoms with E-state index in [0.717, 1.165) is 0 Å². The van der Waals surface area contributed by atoms with Crippen molar-refractivity contribution in [1.82, 2.24) is 5.32 Å². The summed E-state index contributed by atoms with van der Waals surface area (Å²) in [5.74, 6) is -1.79. The first kappa shape index (κ1) is 16.8. The molecule has 0 spiro atoms. The van der Waals surface area contributed by atoms with E-state index >= 15 is 0 Å². The molecular weight excluding hydrogens is 323 g/mol. The van der Waals surface area contributed by atoms with E-state index in [1.165, 1.54) is 0 Å². The number of hydrogen-bond acceptors (Lipinski definition) is 1. The first-order valence-corrected chi connectivity index (χ1v) is 7.81. The van der Waals surface area contributed by atoms with Gasteiger partial charge in [-0.3, -0.25) is 4.79 Å². The third-order valence-electron chi connectivity index (χ3n) is 3.81. The summed E-state index contributed by atoms with van der Waals surface area (Å²) in [5, 5.41) is 3.47. The van der Waals surface area contributed by atoms with Crippen molar-refractivity contribution in [3.05, 3.63) is 0 Å². The molecule has 1 rings (SSSR count). The molecule has 1 saturated carbocycles. The number of rotatable bonds is 4. The molecule has 0 aromatic heterocycles. The highest BCUT2D eigenvalue weighted by Gasteiger charge is 2.43. The van der Waals surface area contributed by atoms with Crippen LogP contribution in [0.2, 0.25) is 0 Å². The first-order valence-electron chi connectivity index (χ1n) is 6.68. The summed E-state index contributed by atoms with van der Waals surface area (Å²) in [6.07, 6.45) is -3.05. The van der Waals surface area contributed by atoms with Gasteiger partial charge in [0.1, 0.15) is 0 Å². The average molecular weight is 344 g/mol. The predicted octanol–water partition coefficient (Wildman–Crippen LogP) is 3.89. The Balaban J connectivity index is 2.57. The molecule has 1 fully saturated rings. The summed E-state index contributed by atoms with van der Waals surface area (Å²) in [7, 11) is 0. The van der Waals surface area contributed by atoms with Crippen LogP contribution in [0.15, 0.2) is 0 Å². The van der Waals surface area contributed by atoms with E-state index in [2.05, 4.69) is 21.2 Å². The van der Waals surface area contributed by atoms with Gasteiger partial charge >= 0.3 is 6.18 Å². The van der Waals surface area contributed by atoms with Crippen LogP contribution in [0, 0.1) is 17.8 Å². The van der Waals surface area contributed by atoms with Crippen LogP contribution in [0.3, 0.4) is 0 Å². The maximum atomic E-state index is 12.7. The Bertz CT molecular complexity index is 307. The second-order valence-corrected chi connectivity index (χ2v) is 6.26. The van der Waals surface area contributed by atoms with Crippen LogP contribution >= 0.6 is 15.9 Å². The third-order valence-corrected chi connectivity index (χ3v) is 4.50. The van der Waals surface area contributed by atoms with Crippen molar-refractivity contribution in [2.75, 3.05) is 5.33 Å². The molecule has 1 N–H and O–H groups in total. The van der Waals surface area contributed by atoms with Crippen LogP contribution in [0.25, 0.3) is 0 Å². The zero-order valence-corrected chi connectivity index (χ0v) is 12.9. The molecule has 112 valence electrons. The van der Waals surface area contributed by atoms with Crippen molar-refractivity contribution < 1.29 is 18.0 Å². The van der Waals surface area contributed by atoms with E-state index in [4.69, 9.17) is 0 Å². The molecule has 6 heteroatoms. The molecule has 1 aliphatic rings. The van der Waals surface area contributed by atoms with Crippen LogP contribution in [-0.4, -0.2) is 23.5 Å². The van der Waals surface area contributed by atoms with Gasteiger partial charge in [0, 0.05) is 17.3 Å². The molecule has 0 heterocycles. The Kier molecular flexibility index (Phi) is 6.15. The molecule has 1 aliphatic carbocycles. The zero-order valence-electron chi connectivity index (χ0n) is 11.3. The van der Waals surface area contributed by atoms with Gasteiger partial charge in [0.05, 0.1) is 5.92 Å². The average Bonchev–Trinajstić information content (AvgIpc) is 2.34. The fourth-order valence-electron chi connectivity index (χ4n) is 2.41. The van der Waals surface area contributed by atoms with Crippen molar-refractivity contribution >= 4 is 21.8 Å². The van der Waals surface area contributed by atoms with E-state index < -0.39 is 18.0 Å². The first-order chi connectivity index (χ1) is 8.75. The molecule has 3 unspecified atom stereocenters. The Morgan fingerprint density at radius 3 is 2.47 bits per heavy atom. The maximum absolute atomic E-state index is 12.7. The standard InChI is InChI=1S/C13H21BrF3NO/c1-8(2)11(7-14)18-12(19)9-4-3-5-10(6-9)13(15,16)17/h8-11H,3-7H2,1-2H3,(H,18,19). The van der Waals surface area contributed by atoms with Crippen molar-refractivity contribution in [2.24, 2.45) is 17.8 Å². The summed E-state index contributed by atoms with van der Waals surface area (Å²) in [4.78, 5) is 12.0. The summed E-state index contributed by atoms with van der Waals surface area (Å²) in [6.45, 7) is 3.96. The van der Waals surface area contributed by atoms with Gasteiger partial charge in [-0.25, -0.2) is 0 Å². The van der Waals surface area contributed by atoms with Gasteiger partial charge in [0.25, 0.3) is 0 Å². The van der Waals surface area contributed by atoms with Gasteiger partial charge in [0.2, 0.25) is 5.91 Å². The SMILES string of the molecule is CC(C)C(CBr)NC(=O)C1CCCC(C(F)(F)F)C1. The topological polar surface area (TPSA) is 29.1 Å². The van der Waals surface area contributed by atoms with Crippen molar-refractivity contribution in [2.45, 2.75) is 51.7 Å². The highest BCUT2D eigenvalue weighted by molar-refractivity contribution is 9.09. The Labute approximate surface area is 120 Å². The smallest absolute Gasteiger partial charge is 0.352 e. The summed E-state index contributed by atoms with van der Waals surface area (Å²) in [5.41, 5.74) is 0. The molecular formula is C13H21BrF3NO. The molecule has 0 aliphatic heterocycles. The molecule has 0 aromatic carbocycles. The van der Waals surface area contributed by atoms with Crippen molar-refractivity contribution in [3.63, 3.8) is 0 Å². The van der Waals surface area contributed by atoms with E-state index in [1.54, 1.807) is 0 Å². The van der Waals surface area contributed by atoms with E-state index in [-0.39, 0.29) is 30.7 Å². The number of carbonyl (C=O) groups excluding carboxylic acids is 1. The molecule has 0 bridgehead atoms. The Morgan fingerprint density at radius 1 is 1.37 bits per heavy atom. The van der Waals surface area contributed by atoms with E-state index in [0.29, 0.717) is 18.2 Å². The zero-order chi connectivity index (χ0) is 14.6. The molecule has 1 amide bonds. The number of carbonyl (C=O) groups is 1. The third kappa shape index (κ3) is 4.97. The molecule has 0 radical (unpaired) electrons. The molecule has 19 heavy (non-hydrogen) atoms.